The third-order valence-electron chi connectivity index (χ3n) is 3.90. The Hall–Kier alpha value is -0.160. The van der Waals surface area contributed by atoms with Gasteiger partial charge in [0.15, 0.2) is 0 Å². The smallest absolute Gasteiger partial charge is 0.0589 e. The zero-order valence-electron chi connectivity index (χ0n) is 12.1. The zero-order valence-corrected chi connectivity index (χ0v) is 13.8. The van der Waals surface area contributed by atoms with Crippen LogP contribution in [0.15, 0.2) is 18.2 Å². The third-order valence-corrected chi connectivity index (χ3v) is 7.39. The second kappa shape index (κ2) is 6.53. The first kappa shape index (κ1) is 15.2. The molecule has 106 valence electrons. The summed E-state index contributed by atoms with van der Waals surface area (Å²) in [5.74, 6) is 7.03. The SMILES string of the molecule is Cc1ccc(C)c(C(NN)C2CSC(C)C(C)S2)c1. The molecule has 1 heterocycles. The Morgan fingerprint density at radius 1 is 1.26 bits per heavy atom. The normalized spacial score (nSPS) is 29.2. The van der Waals surface area contributed by atoms with Gasteiger partial charge >= 0.3 is 0 Å². The summed E-state index contributed by atoms with van der Waals surface area (Å²) < 4.78 is 0. The second-order valence-electron chi connectivity index (χ2n) is 5.42. The molecule has 3 N–H and O–H groups in total. The van der Waals surface area contributed by atoms with Crippen LogP contribution in [-0.2, 0) is 0 Å². The van der Waals surface area contributed by atoms with Crippen LogP contribution in [0.5, 0.6) is 0 Å². The molecular formula is C15H24N2S2. The zero-order chi connectivity index (χ0) is 14.0. The van der Waals surface area contributed by atoms with Crippen molar-refractivity contribution >= 4 is 23.5 Å². The Bertz CT molecular complexity index is 436. The first-order valence-electron chi connectivity index (χ1n) is 6.83. The highest BCUT2D eigenvalue weighted by atomic mass is 32.2. The fraction of sp³-hybridized carbons (Fsp3) is 0.600. The van der Waals surface area contributed by atoms with Gasteiger partial charge in [0.2, 0.25) is 0 Å². The number of nitrogens with two attached hydrogens (primary N) is 1. The summed E-state index contributed by atoms with van der Waals surface area (Å²) in [4.78, 5) is 0. The molecule has 4 unspecified atom stereocenters. The Labute approximate surface area is 125 Å². The van der Waals surface area contributed by atoms with E-state index in [9.17, 15) is 0 Å². The van der Waals surface area contributed by atoms with Gasteiger partial charge in [0.25, 0.3) is 0 Å². The molecule has 0 aliphatic carbocycles. The molecule has 4 atom stereocenters. The molecule has 1 aromatic carbocycles. The van der Waals surface area contributed by atoms with Crippen molar-refractivity contribution in [3.63, 3.8) is 0 Å². The van der Waals surface area contributed by atoms with Crippen LogP contribution in [0.25, 0.3) is 0 Å². The van der Waals surface area contributed by atoms with E-state index >= 15 is 0 Å². The van der Waals surface area contributed by atoms with E-state index in [0.29, 0.717) is 10.5 Å². The lowest BCUT2D eigenvalue weighted by molar-refractivity contribution is 0.547. The molecule has 0 amide bonds. The van der Waals surface area contributed by atoms with E-state index in [1.54, 1.807) is 0 Å². The number of hydrogen-bond acceptors (Lipinski definition) is 4. The van der Waals surface area contributed by atoms with Crippen molar-refractivity contribution in [2.75, 3.05) is 5.75 Å². The minimum atomic E-state index is 0.243. The monoisotopic (exact) mass is 296 g/mol. The summed E-state index contributed by atoms with van der Waals surface area (Å²) in [6.07, 6.45) is 0. The highest BCUT2D eigenvalue weighted by Crippen LogP contribution is 2.41. The van der Waals surface area contributed by atoms with Gasteiger partial charge in [-0.3, -0.25) is 11.3 Å². The summed E-state index contributed by atoms with van der Waals surface area (Å²) in [6, 6.07) is 6.88. The maximum atomic E-state index is 5.86. The van der Waals surface area contributed by atoms with Gasteiger partial charge in [0, 0.05) is 21.5 Å². The number of benzene rings is 1. The lowest BCUT2D eigenvalue weighted by Crippen LogP contribution is -2.40. The van der Waals surface area contributed by atoms with Crippen molar-refractivity contribution in [1.29, 1.82) is 0 Å². The standard InChI is InChI=1S/C15H24N2S2/c1-9-5-6-10(2)13(7-9)15(17-16)14-8-18-11(3)12(4)19-14/h5-7,11-12,14-15,17H,8,16H2,1-4H3. The fourth-order valence-electron chi connectivity index (χ4n) is 2.47. The van der Waals surface area contributed by atoms with Crippen LogP contribution in [0.1, 0.15) is 36.6 Å². The fourth-order valence-corrected chi connectivity index (χ4v) is 5.56. The van der Waals surface area contributed by atoms with Crippen molar-refractivity contribution in [2.45, 2.75) is 49.5 Å². The molecule has 1 aliphatic rings. The third kappa shape index (κ3) is 3.48. The Balaban J connectivity index is 2.22. The van der Waals surface area contributed by atoms with Gasteiger partial charge in [-0.05, 0) is 25.0 Å². The van der Waals surface area contributed by atoms with E-state index in [2.05, 4.69) is 74.8 Å². The molecule has 0 radical (unpaired) electrons. The van der Waals surface area contributed by atoms with Crippen LogP contribution < -0.4 is 11.3 Å². The van der Waals surface area contributed by atoms with Crippen molar-refractivity contribution in [1.82, 2.24) is 5.43 Å². The number of rotatable bonds is 3. The van der Waals surface area contributed by atoms with Gasteiger partial charge in [-0.2, -0.15) is 23.5 Å². The number of hydrazine groups is 1. The summed E-state index contributed by atoms with van der Waals surface area (Å²) in [5.41, 5.74) is 7.03. The van der Waals surface area contributed by atoms with E-state index in [4.69, 9.17) is 5.84 Å². The number of aryl methyl sites for hydroxylation is 2. The number of hydrogen-bond donors (Lipinski definition) is 2. The lowest BCUT2D eigenvalue weighted by atomic mass is 9.97. The minimum absolute atomic E-state index is 0.243. The molecule has 2 nitrogen and oxygen atoms in total. The predicted octanol–water partition coefficient (Wildman–Crippen LogP) is 3.43. The highest BCUT2D eigenvalue weighted by molar-refractivity contribution is 8.07. The van der Waals surface area contributed by atoms with Crippen LogP contribution >= 0.6 is 23.5 Å². The van der Waals surface area contributed by atoms with Gasteiger partial charge in [0.05, 0.1) is 6.04 Å². The maximum absolute atomic E-state index is 5.86. The van der Waals surface area contributed by atoms with Crippen molar-refractivity contribution in [3.8, 4) is 0 Å². The van der Waals surface area contributed by atoms with Crippen LogP contribution in [-0.4, -0.2) is 21.5 Å². The number of nitrogens with one attached hydrogen (secondary N) is 1. The second-order valence-corrected chi connectivity index (χ2v) is 8.45. The van der Waals surface area contributed by atoms with Crippen molar-refractivity contribution in [2.24, 2.45) is 5.84 Å². The van der Waals surface area contributed by atoms with Gasteiger partial charge in [0.1, 0.15) is 0 Å². The highest BCUT2D eigenvalue weighted by Gasteiger charge is 2.32. The summed E-state index contributed by atoms with van der Waals surface area (Å²) >= 11 is 4.14. The summed E-state index contributed by atoms with van der Waals surface area (Å²) in [6.45, 7) is 8.96. The Morgan fingerprint density at radius 3 is 2.63 bits per heavy atom. The Kier molecular flexibility index (Phi) is 5.23. The van der Waals surface area contributed by atoms with Gasteiger partial charge in [-0.25, -0.2) is 0 Å². The first-order valence-corrected chi connectivity index (χ1v) is 8.82. The minimum Gasteiger partial charge on any atom is -0.271 e. The van der Waals surface area contributed by atoms with Crippen molar-refractivity contribution < 1.29 is 0 Å². The van der Waals surface area contributed by atoms with E-state index < -0.39 is 0 Å². The molecule has 4 heteroatoms. The average molecular weight is 297 g/mol. The topological polar surface area (TPSA) is 38.0 Å². The first-order chi connectivity index (χ1) is 9.02. The lowest BCUT2D eigenvalue weighted by Gasteiger charge is -2.36. The molecule has 0 saturated carbocycles. The quantitative estimate of drug-likeness (QED) is 0.662. The van der Waals surface area contributed by atoms with Gasteiger partial charge in [-0.1, -0.05) is 37.6 Å². The van der Waals surface area contributed by atoms with Crippen LogP contribution in [0, 0.1) is 13.8 Å². The van der Waals surface area contributed by atoms with E-state index in [1.807, 2.05) is 0 Å². The summed E-state index contributed by atoms with van der Waals surface area (Å²) in [5, 5.41) is 1.96. The molecule has 1 aliphatic heterocycles. The Morgan fingerprint density at radius 2 is 2.00 bits per heavy atom. The van der Waals surface area contributed by atoms with Gasteiger partial charge < -0.3 is 0 Å². The van der Waals surface area contributed by atoms with Gasteiger partial charge in [-0.15, -0.1) is 0 Å². The molecule has 1 fully saturated rings. The van der Waals surface area contributed by atoms with E-state index in [1.165, 1.54) is 22.4 Å². The van der Waals surface area contributed by atoms with E-state index in [-0.39, 0.29) is 6.04 Å². The number of thioether (sulfide) groups is 2. The van der Waals surface area contributed by atoms with E-state index in [0.717, 1.165) is 5.25 Å². The molecule has 1 aromatic rings. The molecule has 0 aromatic heterocycles. The maximum Gasteiger partial charge on any atom is 0.0589 e. The van der Waals surface area contributed by atoms with Crippen LogP contribution in [0.2, 0.25) is 0 Å². The largest absolute Gasteiger partial charge is 0.271 e. The molecule has 2 rings (SSSR count). The molecule has 1 saturated heterocycles. The van der Waals surface area contributed by atoms with Crippen molar-refractivity contribution in [3.05, 3.63) is 34.9 Å². The summed E-state index contributed by atoms with van der Waals surface area (Å²) in [7, 11) is 0. The average Bonchev–Trinajstić information content (AvgIpc) is 2.38. The molecule has 19 heavy (non-hydrogen) atoms. The molecular weight excluding hydrogens is 272 g/mol. The van der Waals surface area contributed by atoms with Crippen LogP contribution in [0.3, 0.4) is 0 Å². The molecule has 0 spiro atoms. The van der Waals surface area contributed by atoms with Crippen LogP contribution in [0.4, 0.5) is 0 Å². The molecule has 0 bridgehead atoms. The predicted molar refractivity (Wildman–Crippen MR) is 88.7 cm³/mol.